The number of hydrogen-bond acceptors (Lipinski definition) is 3. The van der Waals surface area contributed by atoms with E-state index in [1.165, 1.54) is 0 Å². The number of ether oxygens (including phenoxy) is 1. The summed E-state index contributed by atoms with van der Waals surface area (Å²) in [4.78, 5) is 11.8. The number of methoxy groups -OCH3 is 1. The summed E-state index contributed by atoms with van der Waals surface area (Å²) < 4.78 is 4.97. The van der Waals surface area contributed by atoms with E-state index < -0.39 is 6.10 Å². The van der Waals surface area contributed by atoms with E-state index in [1.807, 2.05) is 49.4 Å². The van der Waals surface area contributed by atoms with E-state index in [4.69, 9.17) is 4.74 Å². The lowest BCUT2D eigenvalue weighted by atomic mass is 10.0. The maximum Gasteiger partial charge on any atom is 0.315 e. The Labute approximate surface area is 136 Å². The highest BCUT2D eigenvalue weighted by Crippen LogP contribution is 2.19. The Morgan fingerprint density at radius 2 is 1.96 bits per heavy atom. The van der Waals surface area contributed by atoms with Crippen molar-refractivity contribution in [3.8, 4) is 0 Å². The van der Waals surface area contributed by atoms with E-state index in [0.29, 0.717) is 6.61 Å². The van der Waals surface area contributed by atoms with Crippen LogP contribution in [-0.2, 0) is 4.74 Å². The first kappa shape index (κ1) is 17.2. The van der Waals surface area contributed by atoms with E-state index in [1.54, 1.807) is 7.11 Å². The molecule has 5 nitrogen and oxygen atoms in total. The number of hydrogen-bond donors (Lipinski definition) is 3. The lowest BCUT2D eigenvalue weighted by Crippen LogP contribution is -2.42. The predicted octanol–water partition coefficient (Wildman–Crippen LogP) is 2.60. The van der Waals surface area contributed by atoms with Gasteiger partial charge in [0.2, 0.25) is 0 Å². The lowest BCUT2D eigenvalue weighted by Gasteiger charge is -2.16. The number of aliphatic hydroxyl groups is 1. The van der Waals surface area contributed by atoms with Gasteiger partial charge in [-0.2, -0.15) is 0 Å². The number of fused-ring (bicyclic) bond motifs is 1. The fourth-order valence-corrected chi connectivity index (χ4v) is 2.36. The summed E-state index contributed by atoms with van der Waals surface area (Å²) in [7, 11) is 1.63. The van der Waals surface area contributed by atoms with Gasteiger partial charge in [0, 0.05) is 26.3 Å². The predicted molar refractivity (Wildman–Crippen MR) is 91.4 cm³/mol. The van der Waals surface area contributed by atoms with Crippen LogP contribution in [0.4, 0.5) is 4.79 Å². The Bertz CT molecular complexity index is 645. The molecule has 0 aliphatic carbocycles. The second-order valence-corrected chi connectivity index (χ2v) is 5.66. The number of aliphatic hydroxyl groups excluding tert-OH is 1. The Balaban J connectivity index is 1.85. The maximum atomic E-state index is 11.8. The third-order valence-electron chi connectivity index (χ3n) is 3.75. The van der Waals surface area contributed by atoms with E-state index in [9.17, 15) is 9.90 Å². The molecule has 0 aliphatic heterocycles. The van der Waals surface area contributed by atoms with Crippen LogP contribution in [-0.4, -0.2) is 37.4 Å². The fraction of sp³-hybridized carbons (Fsp3) is 0.389. The van der Waals surface area contributed by atoms with Gasteiger partial charge in [0.15, 0.2) is 0 Å². The van der Waals surface area contributed by atoms with Gasteiger partial charge >= 0.3 is 6.03 Å². The normalized spacial score (nSPS) is 13.5. The molecule has 0 aliphatic rings. The molecular weight excluding hydrogens is 292 g/mol. The molecular formula is C18H24N2O3. The SMILES string of the molecule is COCC[C@@H](C)NC(=O)NC[C@H](O)c1ccc2ccccc2c1. The van der Waals surface area contributed by atoms with Crippen LogP contribution in [0.3, 0.4) is 0 Å². The highest BCUT2D eigenvalue weighted by molar-refractivity contribution is 5.83. The standard InChI is InChI=1S/C18H24N2O3/c1-13(9-10-23-2)20-18(22)19-12-17(21)16-8-7-14-5-3-4-6-15(14)11-16/h3-8,11,13,17,21H,9-10,12H2,1-2H3,(H2,19,20,22)/t13-,17+/m1/s1. The monoisotopic (exact) mass is 316 g/mol. The molecule has 3 N–H and O–H groups in total. The van der Waals surface area contributed by atoms with Crippen molar-refractivity contribution in [2.45, 2.75) is 25.5 Å². The van der Waals surface area contributed by atoms with Gasteiger partial charge in [-0.25, -0.2) is 4.79 Å². The van der Waals surface area contributed by atoms with Crippen molar-refractivity contribution in [1.82, 2.24) is 10.6 Å². The highest BCUT2D eigenvalue weighted by atomic mass is 16.5. The van der Waals surface area contributed by atoms with Gasteiger partial charge in [-0.15, -0.1) is 0 Å². The van der Waals surface area contributed by atoms with Gasteiger partial charge in [-0.05, 0) is 35.7 Å². The molecule has 0 heterocycles. The Hall–Kier alpha value is -2.11. The third-order valence-corrected chi connectivity index (χ3v) is 3.75. The average molecular weight is 316 g/mol. The number of urea groups is 1. The van der Waals surface area contributed by atoms with E-state index in [2.05, 4.69) is 10.6 Å². The topological polar surface area (TPSA) is 70.6 Å². The number of rotatable bonds is 7. The Morgan fingerprint density at radius 1 is 1.22 bits per heavy atom. The zero-order valence-electron chi connectivity index (χ0n) is 13.6. The van der Waals surface area contributed by atoms with Crippen LogP contribution < -0.4 is 10.6 Å². The quantitative estimate of drug-likeness (QED) is 0.735. The fourth-order valence-electron chi connectivity index (χ4n) is 2.36. The van der Waals surface area contributed by atoms with Crippen molar-refractivity contribution < 1.29 is 14.6 Å². The van der Waals surface area contributed by atoms with Crippen molar-refractivity contribution >= 4 is 16.8 Å². The van der Waals surface area contributed by atoms with Crippen molar-refractivity contribution in [3.63, 3.8) is 0 Å². The summed E-state index contributed by atoms with van der Waals surface area (Å²) in [5.41, 5.74) is 0.788. The summed E-state index contributed by atoms with van der Waals surface area (Å²) >= 11 is 0. The van der Waals surface area contributed by atoms with Gasteiger partial charge in [0.05, 0.1) is 6.10 Å². The lowest BCUT2D eigenvalue weighted by molar-refractivity contribution is 0.170. The van der Waals surface area contributed by atoms with Crippen LogP contribution in [0.25, 0.3) is 10.8 Å². The molecule has 2 aromatic rings. The molecule has 0 unspecified atom stereocenters. The minimum absolute atomic E-state index is 0.0211. The molecule has 0 saturated heterocycles. The van der Waals surface area contributed by atoms with Crippen molar-refractivity contribution in [2.24, 2.45) is 0 Å². The highest BCUT2D eigenvalue weighted by Gasteiger charge is 2.11. The summed E-state index contributed by atoms with van der Waals surface area (Å²) in [5, 5.41) is 17.9. The van der Waals surface area contributed by atoms with Crippen molar-refractivity contribution in [2.75, 3.05) is 20.3 Å². The number of benzene rings is 2. The molecule has 0 radical (unpaired) electrons. The van der Waals surface area contributed by atoms with Gasteiger partial charge < -0.3 is 20.5 Å². The summed E-state index contributed by atoms with van der Waals surface area (Å²) in [6.07, 6.45) is 0.0107. The van der Waals surface area contributed by atoms with Crippen LogP contribution in [0.1, 0.15) is 25.0 Å². The molecule has 23 heavy (non-hydrogen) atoms. The smallest absolute Gasteiger partial charge is 0.315 e. The van der Waals surface area contributed by atoms with E-state index >= 15 is 0 Å². The van der Waals surface area contributed by atoms with Crippen LogP contribution in [0.5, 0.6) is 0 Å². The molecule has 2 atom stereocenters. The molecule has 0 fully saturated rings. The van der Waals surface area contributed by atoms with Crippen molar-refractivity contribution in [3.05, 3.63) is 48.0 Å². The minimum Gasteiger partial charge on any atom is -0.387 e. The summed E-state index contributed by atoms with van der Waals surface area (Å²) in [5.74, 6) is 0. The number of carbonyl (C=O) groups is 1. The van der Waals surface area contributed by atoms with Crippen LogP contribution in [0.2, 0.25) is 0 Å². The molecule has 2 amide bonds. The molecule has 0 spiro atoms. The summed E-state index contributed by atoms with van der Waals surface area (Å²) in [6.45, 7) is 2.68. The molecule has 0 bridgehead atoms. The molecule has 0 saturated carbocycles. The summed E-state index contributed by atoms with van der Waals surface area (Å²) in [6, 6.07) is 13.5. The van der Waals surface area contributed by atoms with Crippen LogP contribution >= 0.6 is 0 Å². The molecule has 2 aromatic carbocycles. The zero-order valence-corrected chi connectivity index (χ0v) is 13.6. The Morgan fingerprint density at radius 3 is 2.70 bits per heavy atom. The molecule has 124 valence electrons. The number of carbonyl (C=O) groups excluding carboxylic acids is 1. The number of nitrogens with one attached hydrogen (secondary N) is 2. The van der Waals surface area contributed by atoms with Crippen molar-refractivity contribution in [1.29, 1.82) is 0 Å². The van der Waals surface area contributed by atoms with Gasteiger partial charge in [0.25, 0.3) is 0 Å². The van der Waals surface area contributed by atoms with Crippen LogP contribution in [0, 0.1) is 0 Å². The second kappa shape index (κ2) is 8.50. The molecule has 5 heteroatoms. The average Bonchev–Trinajstić information content (AvgIpc) is 2.57. The van der Waals surface area contributed by atoms with Gasteiger partial charge in [-0.3, -0.25) is 0 Å². The molecule has 2 rings (SSSR count). The minimum atomic E-state index is -0.736. The first-order valence-electron chi connectivity index (χ1n) is 7.80. The van der Waals surface area contributed by atoms with Crippen LogP contribution in [0.15, 0.2) is 42.5 Å². The molecule has 0 aromatic heterocycles. The van der Waals surface area contributed by atoms with Gasteiger partial charge in [-0.1, -0.05) is 36.4 Å². The second-order valence-electron chi connectivity index (χ2n) is 5.66. The first-order chi connectivity index (χ1) is 11.1. The van der Waals surface area contributed by atoms with E-state index in [-0.39, 0.29) is 18.6 Å². The van der Waals surface area contributed by atoms with E-state index in [0.717, 1.165) is 22.8 Å². The zero-order chi connectivity index (χ0) is 16.7. The first-order valence-corrected chi connectivity index (χ1v) is 7.80. The third kappa shape index (κ3) is 5.23. The largest absolute Gasteiger partial charge is 0.387 e. The number of amides is 2. The maximum absolute atomic E-state index is 11.8. The van der Waals surface area contributed by atoms with Gasteiger partial charge in [0.1, 0.15) is 0 Å². The Kier molecular flexibility index (Phi) is 6.38.